The lowest BCUT2D eigenvalue weighted by atomic mass is 9.96. The first kappa shape index (κ1) is 26.2. The molecule has 4 nitrogen and oxygen atoms in total. The number of carbonyl (C=O) groups is 1. The van der Waals surface area contributed by atoms with Crippen LogP contribution in [0.4, 0.5) is 0 Å². The van der Waals surface area contributed by atoms with Crippen molar-refractivity contribution in [3.8, 4) is 5.75 Å². The van der Waals surface area contributed by atoms with E-state index in [1.165, 1.54) is 5.56 Å². The lowest BCUT2D eigenvalue weighted by molar-refractivity contribution is -0.156. The van der Waals surface area contributed by atoms with Gasteiger partial charge in [-0.1, -0.05) is 54.6 Å². The summed E-state index contributed by atoms with van der Waals surface area (Å²) in [6, 6.07) is 26.9. The summed E-state index contributed by atoms with van der Waals surface area (Å²) in [5, 5.41) is 0. The van der Waals surface area contributed by atoms with Crippen LogP contribution < -0.4 is 4.74 Å². The Kier molecular flexibility index (Phi) is 9.14. The number of benzene rings is 3. The van der Waals surface area contributed by atoms with Crippen molar-refractivity contribution in [3.63, 3.8) is 0 Å². The number of esters is 1. The van der Waals surface area contributed by atoms with E-state index in [-0.39, 0.29) is 24.5 Å². The van der Waals surface area contributed by atoms with Crippen molar-refractivity contribution in [3.05, 3.63) is 99.1 Å². The van der Waals surface area contributed by atoms with Gasteiger partial charge in [0.2, 0.25) is 0 Å². The SMILES string of the molecule is COc1ccc([C@H](C)N(Cc2ccccc2)[C@H](CC(=O)OC(C)(C)C)c2cccc(I)c2)cc1. The molecule has 0 aromatic heterocycles. The summed E-state index contributed by atoms with van der Waals surface area (Å²) in [6.45, 7) is 8.63. The summed E-state index contributed by atoms with van der Waals surface area (Å²) >= 11 is 2.33. The molecule has 3 aromatic carbocycles. The zero-order valence-electron chi connectivity index (χ0n) is 20.6. The number of halogens is 1. The molecule has 5 heteroatoms. The highest BCUT2D eigenvalue weighted by Crippen LogP contribution is 2.36. The fourth-order valence-corrected chi connectivity index (χ4v) is 4.63. The predicted molar refractivity (Wildman–Crippen MR) is 146 cm³/mol. The topological polar surface area (TPSA) is 38.8 Å². The van der Waals surface area contributed by atoms with Gasteiger partial charge >= 0.3 is 5.97 Å². The third-order valence-electron chi connectivity index (χ3n) is 5.72. The molecule has 34 heavy (non-hydrogen) atoms. The Morgan fingerprint density at radius 1 is 0.941 bits per heavy atom. The normalized spacial score (nSPS) is 13.4. The van der Waals surface area contributed by atoms with Gasteiger partial charge in [0.15, 0.2) is 0 Å². The molecule has 0 aliphatic carbocycles. The third kappa shape index (κ3) is 7.57. The standard InChI is InChI=1S/C29H34INO3/c1-21(23-14-16-26(33-5)17-15-23)31(20-22-10-7-6-8-11-22)27(19-28(32)34-29(2,3)4)24-12-9-13-25(30)18-24/h6-18,21,27H,19-20H2,1-5H3/t21-,27+/m0/s1. The smallest absolute Gasteiger partial charge is 0.308 e. The van der Waals surface area contributed by atoms with Gasteiger partial charge in [-0.2, -0.15) is 0 Å². The molecule has 0 fully saturated rings. The second-order valence-corrected chi connectivity index (χ2v) is 10.7. The van der Waals surface area contributed by atoms with Crippen molar-refractivity contribution in [1.82, 2.24) is 4.90 Å². The van der Waals surface area contributed by atoms with Gasteiger partial charge < -0.3 is 9.47 Å². The van der Waals surface area contributed by atoms with Gasteiger partial charge in [-0.3, -0.25) is 9.69 Å². The number of carbonyl (C=O) groups excluding carboxylic acids is 1. The maximum atomic E-state index is 13.1. The summed E-state index contributed by atoms with van der Waals surface area (Å²) in [4.78, 5) is 15.5. The van der Waals surface area contributed by atoms with E-state index in [4.69, 9.17) is 9.47 Å². The molecule has 0 saturated heterocycles. The van der Waals surface area contributed by atoms with Crippen LogP contribution in [0.25, 0.3) is 0 Å². The molecule has 0 spiro atoms. The Balaban J connectivity index is 2.04. The van der Waals surface area contributed by atoms with Gasteiger partial charge in [0, 0.05) is 22.2 Å². The monoisotopic (exact) mass is 571 g/mol. The van der Waals surface area contributed by atoms with Gasteiger partial charge in [-0.25, -0.2) is 0 Å². The van der Waals surface area contributed by atoms with Crippen molar-refractivity contribution in [1.29, 1.82) is 0 Å². The quantitative estimate of drug-likeness (QED) is 0.199. The number of hydrogen-bond donors (Lipinski definition) is 0. The zero-order valence-corrected chi connectivity index (χ0v) is 22.8. The fourth-order valence-electron chi connectivity index (χ4n) is 4.07. The van der Waals surface area contributed by atoms with Crippen molar-refractivity contribution in [2.24, 2.45) is 0 Å². The Morgan fingerprint density at radius 3 is 2.21 bits per heavy atom. The van der Waals surface area contributed by atoms with E-state index >= 15 is 0 Å². The van der Waals surface area contributed by atoms with Crippen molar-refractivity contribution < 1.29 is 14.3 Å². The molecule has 0 bridgehead atoms. The molecule has 2 atom stereocenters. The highest BCUT2D eigenvalue weighted by atomic mass is 127. The first-order valence-corrected chi connectivity index (χ1v) is 12.6. The van der Waals surface area contributed by atoms with Crippen LogP contribution in [0.15, 0.2) is 78.9 Å². The van der Waals surface area contributed by atoms with Crippen molar-refractivity contribution in [2.45, 2.75) is 58.3 Å². The second-order valence-electron chi connectivity index (χ2n) is 9.47. The summed E-state index contributed by atoms with van der Waals surface area (Å²) in [5.74, 6) is 0.629. The van der Waals surface area contributed by atoms with Crippen LogP contribution in [0.2, 0.25) is 0 Å². The molecule has 0 aliphatic heterocycles. The lowest BCUT2D eigenvalue weighted by Crippen LogP contribution is -2.34. The average molecular weight is 571 g/mol. The van der Waals surface area contributed by atoms with Gasteiger partial charge in [0.05, 0.1) is 13.5 Å². The zero-order chi connectivity index (χ0) is 24.7. The summed E-state index contributed by atoms with van der Waals surface area (Å²) < 4.78 is 12.3. The lowest BCUT2D eigenvalue weighted by Gasteiger charge is -2.37. The minimum atomic E-state index is -0.529. The Morgan fingerprint density at radius 2 is 1.62 bits per heavy atom. The molecule has 0 heterocycles. The van der Waals surface area contributed by atoms with Crippen LogP contribution in [-0.4, -0.2) is 23.6 Å². The molecular formula is C29H34INO3. The van der Waals surface area contributed by atoms with E-state index in [0.717, 1.165) is 20.4 Å². The fraction of sp³-hybridized carbons (Fsp3) is 0.345. The molecule has 0 saturated carbocycles. The summed E-state index contributed by atoms with van der Waals surface area (Å²) in [5.41, 5.74) is 2.94. The van der Waals surface area contributed by atoms with Gasteiger partial charge in [-0.15, -0.1) is 0 Å². The van der Waals surface area contributed by atoms with Gasteiger partial charge in [0.1, 0.15) is 11.4 Å². The summed E-state index contributed by atoms with van der Waals surface area (Å²) in [7, 11) is 1.67. The van der Waals surface area contributed by atoms with Crippen LogP contribution >= 0.6 is 22.6 Å². The number of hydrogen-bond acceptors (Lipinski definition) is 4. The number of rotatable bonds is 9. The molecule has 0 aliphatic rings. The number of ether oxygens (including phenoxy) is 2. The van der Waals surface area contributed by atoms with E-state index in [1.807, 2.05) is 39.0 Å². The van der Waals surface area contributed by atoms with Crippen molar-refractivity contribution in [2.75, 3.05) is 7.11 Å². The maximum absolute atomic E-state index is 13.1. The molecule has 0 unspecified atom stereocenters. The summed E-state index contributed by atoms with van der Waals surface area (Å²) in [6.07, 6.45) is 0.269. The first-order chi connectivity index (χ1) is 16.2. The first-order valence-electron chi connectivity index (χ1n) is 11.6. The van der Waals surface area contributed by atoms with E-state index in [2.05, 4.69) is 95.1 Å². The molecular weight excluding hydrogens is 537 g/mol. The minimum Gasteiger partial charge on any atom is -0.497 e. The van der Waals surface area contributed by atoms with Crippen LogP contribution in [0, 0.1) is 3.57 Å². The molecule has 0 radical (unpaired) electrons. The number of methoxy groups -OCH3 is 1. The van der Waals surface area contributed by atoms with Crippen LogP contribution in [0.5, 0.6) is 5.75 Å². The highest BCUT2D eigenvalue weighted by molar-refractivity contribution is 14.1. The van der Waals surface area contributed by atoms with E-state index in [9.17, 15) is 4.79 Å². The average Bonchev–Trinajstić information content (AvgIpc) is 2.80. The van der Waals surface area contributed by atoms with Crippen LogP contribution in [0.1, 0.15) is 62.9 Å². The van der Waals surface area contributed by atoms with E-state index < -0.39 is 5.60 Å². The van der Waals surface area contributed by atoms with Gasteiger partial charge in [0.25, 0.3) is 0 Å². The molecule has 0 N–H and O–H groups in total. The molecule has 3 aromatic rings. The van der Waals surface area contributed by atoms with Gasteiger partial charge in [-0.05, 0) is 91.2 Å². The third-order valence-corrected chi connectivity index (χ3v) is 6.39. The Hall–Kier alpha value is -2.38. The molecule has 3 rings (SSSR count). The maximum Gasteiger partial charge on any atom is 0.308 e. The number of nitrogens with zero attached hydrogens (tertiary/aromatic N) is 1. The largest absolute Gasteiger partial charge is 0.497 e. The predicted octanol–water partition coefficient (Wildman–Crippen LogP) is 7.34. The Bertz CT molecular complexity index is 1060. The van der Waals surface area contributed by atoms with Crippen LogP contribution in [-0.2, 0) is 16.1 Å². The van der Waals surface area contributed by atoms with E-state index in [1.54, 1.807) is 7.11 Å². The molecule has 180 valence electrons. The van der Waals surface area contributed by atoms with Crippen molar-refractivity contribution >= 4 is 28.6 Å². The second kappa shape index (κ2) is 11.8. The highest BCUT2D eigenvalue weighted by Gasteiger charge is 2.30. The van der Waals surface area contributed by atoms with Crippen LogP contribution in [0.3, 0.4) is 0 Å². The molecule has 0 amide bonds. The minimum absolute atomic E-state index is 0.0522. The Labute approximate surface area is 217 Å². The van der Waals surface area contributed by atoms with E-state index in [0.29, 0.717) is 6.54 Å².